The third-order valence-electron chi connectivity index (χ3n) is 12.0. The summed E-state index contributed by atoms with van der Waals surface area (Å²) in [5.41, 5.74) is 2.09. The maximum absolute atomic E-state index is 13.4. The molecule has 1 atom stereocenters. The summed E-state index contributed by atoms with van der Waals surface area (Å²) in [4.78, 5) is 74.6. The lowest BCUT2D eigenvalue weighted by atomic mass is 10.0. The van der Waals surface area contributed by atoms with Crippen LogP contribution in [0.1, 0.15) is 38.3 Å². The highest BCUT2D eigenvalue weighted by atomic mass is 35.5. The second-order valence-corrected chi connectivity index (χ2v) is 17.5. The summed E-state index contributed by atoms with van der Waals surface area (Å²) in [5.74, 6) is 1.41. The van der Waals surface area contributed by atoms with Gasteiger partial charge in [-0.1, -0.05) is 30.1 Å². The zero-order valence-electron chi connectivity index (χ0n) is 37.8. The molecule has 19 nitrogen and oxygen atoms in total. The lowest BCUT2D eigenvalue weighted by molar-refractivity contribution is -0.123. The highest BCUT2D eigenvalue weighted by molar-refractivity contribution is 6.33. The summed E-state index contributed by atoms with van der Waals surface area (Å²) in [7, 11) is 6.44. The van der Waals surface area contributed by atoms with E-state index in [9.17, 15) is 19.2 Å². The largest absolute Gasteiger partial charge is 0.478 e. The molecule has 2 aliphatic heterocycles. The number of piperidine rings is 2. The van der Waals surface area contributed by atoms with E-state index in [1.165, 1.54) is 22.6 Å². The third-order valence-corrected chi connectivity index (χ3v) is 12.7. The van der Waals surface area contributed by atoms with Gasteiger partial charge in [-0.15, -0.1) is 0 Å². The van der Waals surface area contributed by atoms with Crippen molar-refractivity contribution in [3.8, 4) is 11.5 Å². The Balaban J connectivity index is 0.984. The van der Waals surface area contributed by atoms with Crippen LogP contribution in [0.3, 0.4) is 0 Å². The summed E-state index contributed by atoms with van der Waals surface area (Å²) in [6.45, 7) is 4.37. The van der Waals surface area contributed by atoms with E-state index in [2.05, 4.69) is 38.1 Å². The van der Waals surface area contributed by atoms with E-state index in [0.29, 0.717) is 80.6 Å². The van der Waals surface area contributed by atoms with E-state index in [4.69, 9.17) is 52.4 Å². The summed E-state index contributed by atoms with van der Waals surface area (Å²) in [6.07, 6.45) is 5.48. The van der Waals surface area contributed by atoms with Gasteiger partial charge >= 0.3 is 0 Å². The number of anilines is 6. The Morgan fingerprint density at radius 2 is 1.36 bits per heavy atom. The lowest BCUT2D eigenvalue weighted by Gasteiger charge is -2.31. The molecule has 0 aliphatic carbocycles. The van der Waals surface area contributed by atoms with E-state index in [0.717, 1.165) is 32.4 Å². The fourth-order valence-electron chi connectivity index (χ4n) is 8.22. The molecule has 4 aromatic heterocycles. The van der Waals surface area contributed by atoms with Gasteiger partial charge in [-0.2, -0.15) is 9.97 Å². The molecule has 2 aromatic carbocycles. The van der Waals surface area contributed by atoms with Gasteiger partial charge in [-0.3, -0.25) is 19.2 Å². The van der Waals surface area contributed by atoms with Crippen molar-refractivity contribution >= 4 is 91.7 Å². The first-order valence-electron chi connectivity index (χ1n) is 21.9. The molecule has 1 unspecified atom stereocenters. The van der Waals surface area contributed by atoms with Gasteiger partial charge < -0.3 is 54.4 Å². The molecular formula is C46H52Cl2N12O7. The smallest absolute Gasteiger partial charge is 0.293 e. The number of halogens is 2. The number of hydrogen-bond acceptors (Lipinski definition) is 15. The van der Waals surface area contributed by atoms with Crippen molar-refractivity contribution in [2.75, 3.05) is 74.0 Å². The number of carbonyl (C=O) groups is 2. The molecule has 2 aliphatic rings. The topological polar surface area (TPSA) is 212 Å². The Bertz CT molecular complexity index is 2960. The lowest BCUT2D eigenvalue weighted by Crippen LogP contribution is -2.38. The number of amides is 2. The number of aryl methyl sites for hydroxylation is 2. The number of benzene rings is 2. The second-order valence-electron chi connectivity index (χ2n) is 16.7. The van der Waals surface area contributed by atoms with Crippen LogP contribution in [-0.4, -0.2) is 101 Å². The van der Waals surface area contributed by atoms with Gasteiger partial charge in [0.25, 0.3) is 22.9 Å². The number of nitrogens with zero attached hydrogens (tertiary/aromatic N) is 8. The van der Waals surface area contributed by atoms with Crippen LogP contribution in [0.5, 0.6) is 11.5 Å². The zero-order chi connectivity index (χ0) is 47.4. The molecule has 4 N–H and O–H groups in total. The van der Waals surface area contributed by atoms with Crippen molar-refractivity contribution in [2.45, 2.75) is 45.3 Å². The van der Waals surface area contributed by atoms with Crippen molar-refractivity contribution in [1.82, 2.24) is 39.7 Å². The van der Waals surface area contributed by atoms with Crippen molar-refractivity contribution < 1.29 is 23.8 Å². The first kappa shape index (κ1) is 46.8. The molecule has 0 bridgehead atoms. The molecule has 21 heteroatoms. The van der Waals surface area contributed by atoms with Crippen LogP contribution in [0.25, 0.3) is 21.8 Å². The summed E-state index contributed by atoms with van der Waals surface area (Å²) >= 11 is 13.5. The second kappa shape index (κ2) is 20.4. The summed E-state index contributed by atoms with van der Waals surface area (Å²) in [6, 6.07) is 14.0. The number of nitrogens with one attached hydrogen (secondary N) is 4. The molecule has 67 heavy (non-hydrogen) atoms. The molecule has 0 radical (unpaired) electrons. The zero-order valence-corrected chi connectivity index (χ0v) is 39.3. The third kappa shape index (κ3) is 10.6. The molecular weight excluding hydrogens is 903 g/mol. The average Bonchev–Trinajstić information content (AvgIpc) is 3.33. The first-order valence-corrected chi connectivity index (χ1v) is 22.7. The summed E-state index contributed by atoms with van der Waals surface area (Å²) in [5, 5.41) is 13.8. The Labute approximate surface area is 395 Å². The van der Waals surface area contributed by atoms with Crippen LogP contribution < -0.4 is 51.7 Å². The SMILES string of the molecule is CNC(=O)COc1cc2cc(Nc3nc(N4CCC(OC)CC4)nc(CNC(=O)COc4cc5cc(Nc6nc(N7CCCC(C)C7)ncc6Cl)ccc5n(C)c4=O)c3Cl)ccc2n(C)c1=O. The maximum Gasteiger partial charge on any atom is 0.293 e. The number of aromatic nitrogens is 6. The van der Waals surface area contributed by atoms with Crippen LogP contribution >= 0.6 is 23.2 Å². The van der Waals surface area contributed by atoms with E-state index < -0.39 is 23.6 Å². The highest BCUT2D eigenvalue weighted by Gasteiger charge is 2.25. The maximum atomic E-state index is 13.4. The Kier molecular flexibility index (Phi) is 14.3. The fourth-order valence-corrected chi connectivity index (χ4v) is 8.55. The highest BCUT2D eigenvalue weighted by Crippen LogP contribution is 2.32. The molecule has 8 rings (SSSR count). The minimum atomic E-state index is -0.517. The van der Waals surface area contributed by atoms with E-state index >= 15 is 0 Å². The predicted molar refractivity (Wildman–Crippen MR) is 259 cm³/mol. The van der Waals surface area contributed by atoms with Gasteiger partial charge in [0.1, 0.15) is 10.0 Å². The molecule has 6 heterocycles. The van der Waals surface area contributed by atoms with E-state index in [-0.39, 0.29) is 47.5 Å². The molecule has 2 fully saturated rings. The quantitative estimate of drug-likeness (QED) is 0.101. The van der Waals surface area contributed by atoms with Crippen molar-refractivity contribution in [3.63, 3.8) is 0 Å². The number of carbonyl (C=O) groups excluding carboxylic acids is 2. The number of fused-ring (bicyclic) bond motifs is 2. The fraction of sp³-hybridized carbons (Fsp3) is 0.391. The molecule has 0 saturated carbocycles. The van der Waals surface area contributed by atoms with E-state index in [1.54, 1.807) is 57.7 Å². The summed E-state index contributed by atoms with van der Waals surface area (Å²) < 4.78 is 19.9. The van der Waals surface area contributed by atoms with Gasteiger partial charge in [0.15, 0.2) is 36.3 Å². The normalized spacial score (nSPS) is 15.4. The minimum absolute atomic E-state index is 0.0160. The number of ether oxygens (including phenoxy) is 3. The monoisotopic (exact) mass is 954 g/mol. The van der Waals surface area contributed by atoms with Gasteiger partial charge in [0.05, 0.1) is 35.6 Å². The van der Waals surface area contributed by atoms with Gasteiger partial charge in [-0.05, 0) is 80.1 Å². The van der Waals surface area contributed by atoms with Crippen LogP contribution in [0.15, 0.2) is 64.3 Å². The molecule has 2 amide bonds. The molecule has 2 saturated heterocycles. The number of likely N-dealkylation sites (N-methyl/N-ethyl adjacent to an activating group) is 1. The van der Waals surface area contributed by atoms with E-state index in [1.807, 2.05) is 23.1 Å². The van der Waals surface area contributed by atoms with Gasteiger partial charge in [-0.25, -0.2) is 9.97 Å². The standard InChI is InChI=1S/C46H52Cl2N12O7/c1-26-7-6-14-60(23-26)45-51-21-32(47)41(55-45)52-29-8-10-34-27(17-29)20-37(44(64)58(34)4)67-25-39(62)50-22-33-40(48)42(56-46(54-33)59-15-12-31(65-5)13-16-59)53-30-9-11-35-28(18-30)19-36(43(63)57(35)3)66-24-38(61)49-2/h8-11,17-21,26,31H,6-7,12-16,22-25H2,1-5H3,(H,49,61)(H,50,62)(H,51,52,55)(H,53,54,56). The number of rotatable bonds is 15. The first-order chi connectivity index (χ1) is 32.3. The molecule has 352 valence electrons. The van der Waals surface area contributed by atoms with Crippen LogP contribution in [0.2, 0.25) is 10.0 Å². The molecule has 6 aromatic rings. The number of pyridine rings is 2. The minimum Gasteiger partial charge on any atom is -0.478 e. The van der Waals surface area contributed by atoms with Crippen LogP contribution in [0, 0.1) is 5.92 Å². The van der Waals surface area contributed by atoms with Crippen LogP contribution in [-0.2, 0) is 35.0 Å². The van der Waals surface area contributed by atoms with Crippen molar-refractivity contribution in [3.05, 3.63) is 91.2 Å². The Morgan fingerprint density at radius 1 is 0.761 bits per heavy atom. The van der Waals surface area contributed by atoms with Crippen molar-refractivity contribution in [1.29, 1.82) is 0 Å². The van der Waals surface area contributed by atoms with Gasteiger partial charge in [0, 0.05) is 76.6 Å². The Hall–Kier alpha value is -6.70. The van der Waals surface area contributed by atoms with Crippen molar-refractivity contribution in [2.24, 2.45) is 20.0 Å². The Morgan fingerprint density at radius 3 is 1.96 bits per heavy atom. The number of methoxy groups -OCH3 is 1. The number of hydrogen-bond donors (Lipinski definition) is 4. The van der Waals surface area contributed by atoms with Crippen LogP contribution in [0.4, 0.5) is 34.9 Å². The molecule has 0 spiro atoms. The average molecular weight is 956 g/mol. The van der Waals surface area contributed by atoms with Gasteiger partial charge in [0.2, 0.25) is 11.9 Å². The predicted octanol–water partition coefficient (Wildman–Crippen LogP) is 5.44.